The van der Waals surface area contributed by atoms with Crippen molar-refractivity contribution in [1.29, 1.82) is 0 Å². The van der Waals surface area contributed by atoms with Gasteiger partial charge in [-0.05, 0) is 86.4 Å². The summed E-state index contributed by atoms with van der Waals surface area (Å²) in [5.74, 6) is -2.70. The summed E-state index contributed by atoms with van der Waals surface area (Å²) in [4.78, 5) is 58.2. The van der Waals surface area contributed by atoms with E-state index >= 15 is 0 Å². The third-order valence-corrected chi connectivity index (χ3v) is 6.59. The van der Waals surface area contributed by atoms with Crippen LogP contribution in [0.25, 0.3) is 0 Å². The number of carbonyl (C=O) groups is 5. The average molecular weight is 654 g/mol. The van der Waals surface area contributed by atoms with Crippen LogP contribution in [0.5, 0.6) is 0 Å². The number of β-amino-alcohol motifs (C(OH)–C–C–N with tert-alkyl or cyclic N) is 1. The molecule has 6 atom stereocenters. The summed E-state index contributed by atoms with van der Waals surface area (Å²) in [6.45, 7) is 12.2. The van der Waals surface area contributed by atoms with Crippen LogP contribution in [-0.4, -0.2) is 136 Å². The van der Waals surface area contributed by atoms with Crippen molar-refractivity contribution >= 4 is 30.1 Å². The van der Waals surface area contributed by atoms with E-state index in [1.165, 1.54) is 4.90 Å². The predicted octanol–water partition coefficient (Wildman–Crippen LogP) is -0.321. The molecule has 45 heavy (non-hydrogen) atoms. The highest BCUT2D eigenvalue weighted by atomic mass is 16.6. The third kappa shape index (κ3) is 15.1. The molecule has 0 bridgehead atoms. The zero-order valence-electron chi connectivity index (χ0n) is 30.2. The highest BCUT2D eigenvalue weighted by Gasteiger charge is 2.42. The van der Waals surface area contributed by atoms with Crippen LogP contribution in [0.2, 0.25) is 4.24 Å². The number of likely N-dealkylation sites (tertiary alicyclic amines) is 2. The van der Waals surface area contributed by atoms with Gasteiger partial charge in [0.25, 0.3) is 0 Å². The summed E-state index contributed by atoms with van der Waals surface area (Å²) >= 11 is 0. The van der Waals surface area contributed by atoms with Gasteiger partial charge in [0, 0.05) is 19.5 Å². The Morgan fingerprint density at radius 1 is 0.778 bits per heavy atom. The van der Waals surface area contributed by atoms with Gasteiger partial charge in [0.05, 0.1) is 12.6 Å². The fraction of sp³-hybridized carbons (Fsp3) is 0.821. The molecule has 0 unspecified atom stereocenters. The Labute approximate surface area is 268 Å². The summed E-state index contributed by atoms with van der Waals surface area (Å²) in [6.07, 6.45) is -1.08. The molecule has 3 heterocycles. The minimum Gasteiger partial charge on any atom is -0.480 e. The first kappa shape index (κ1) is 36.2. The van der Waals surface area contributed by atoms with E-state index in [9.17, 15) is 29.1 Å². The minimum atomic E-state index is -1.12. The lowest BCUT2D eigenvalue weighted by molar-refractivity contribution is -0.142. The van der Waals surface area contributed by atoms with Gasteiger partial charge in [-0.1, -0.05) is 0 Å². The van der Waals surface area contributed by atoms with E-state index in [1.54, 1.807) is 48.6 Å². The molecule has 3 saturated heterocycles. The number of rotatable bonds is 7. The van der Waals surface area contributed by atoms with Crippen LogP contribution < -0.4 is 22.5 Å². The zero-order chi connectivity index (χ0) is 37.4. The van der Waals surface area contributed by atoms with Gasteiger partial charge in [-0.2, -0.15) is 0 Å². The van der Waals surface area contributed by atoms with Crippen LogP contribution in [0.1, 0.15) is 60.8 Å². The zero-order valence-corrected chi connectivity index (χ0v) is 27.2. The molecule has 3 aliphatic rings. The molecule has 3 aliphatic heterocycles. The second-order valence-corrected chi connectivity index (χ2v) is 12.8. The first-order chi connectivity index (χ1) is 22.1. The van der Waals surface area contributed by atoms with Crippen LogP contribution in [0.3, 0.4) is 0 Å². The van der Waals surface area contributed by atoms with E-state index in [0.717, 1.165) is 4.90 Å². The Bertz CT molecular complexity index is 1050. The van der Waals surface area contributed by atoms with Gasteiger partial charge in [0.1, 0.15) is 33.6 Å². The fourth-order valence-corrected chi connectivity index (χ4v) is 4.55. The smallest absolute Gasteiger partial charge is 0.411 e. The molecule has 0 radical (unpaired) electrons. The Kier molecular flexibility index (Phi) is 15.0. The van der Waals surface area contributed by atoms with Crippen LogP contribution in [0.15, 0.2) is 0 Å². The Morgan fingerprint density at radius 3 is 1.62 bits per heavy atom. The molecular formula is C28H54N6O11. The molecular weight excluding hydrogens is 596 g/mol. The highest BCUT2D eigenvalue weighted by Crippen LogP contribution is 2.25. The number of carboxylic acids is 3. The maximum absolute atomic E-state index is 11.9. The normalized spacial score (nSPS) is 26.7. The average Bonchev–Trinajstić information content (AvgIpc) is 3.67. The number of amides is 2. The molecule has 2 amide bonds. The first-order valence-corrected chi connectivity index (χ1v) is 14.6. The quantitative estimate of drug-likeness (QED) is 0.175. The number of hydrogen-bond donors (Lipinski definition) is 8. The van der Waals surface area contributed by atoms with Crippen LogP contribution >= 0.6 is 0 Å². The van der Waals surface area contributed by atoms with Gasteiger partial charge in [-0.3, -0.25) is 14.6 Å². The van der Waals surface area contributed by atoms with Gasteiger partial charge in [-0.25, -0.2) is 19.2 Å². The number of hydrogen-bond acceptors (Lipinski definition) is 12. The second-order valence-electron chi connectivity index (χ2n) is 12.8. The minimum absolute atomic E-state index is 0.00583. The SMILES string of the molecule is CC(C)(C)OC(=O)N1C[C@H](O)C[C@H]1C(=O)O.[2H]NC.[2H]NC[C@@H]1C[C@@H](C(=O)O)N(C(=O)OC(C)(C)C)C1.[2H]NC[C@H]1CN[C@H](C(=O)O)C1. The van der Waals surface area contributed by atoms with Crippen LogP contribution in [0, 0.1) is 11.8 Å². The lowest BCUT2D eigenvalue weighted by Crippen LogP contribution is -2.43. The molecule has 17 heteroatoms. The number of carboxylic acid groups (broad SMARTS) is 3. The number of aliphatic carboxylic acids is 3. The molecule has 0 spiro atoms. The monoisotopic (exact) mass is 653 g/mol. The summed E-state index contributed by atoms with van der Waals surface area (Å²) in [6, 6.07) is -2.27. The molecule has 3 rings (SSSR count). The highest BCUT2D eigenvalue weighted by molar-refractivity contribution is 5.81. The van der Waals surface area contributed by atoms with E-state index < -0.39 is 65.5 Å². The molecule has 3 fully saturated rings. The molecule has 262 valence electrons. The Balaban J connectivity index is 0.000000678. The maximum Gasteiger partial charge on any atom is 0.411 e. The summed E-state index contributed by atoms with van der Waals surface area (Å²) in [5, 5.41) is 38.8. The lowest BCUT2D eigenvalue weighted by atomic mass is 10.1. The van der Waals surface area contributed by atoms with Crippen molar-refractivity contribution in [2.45, 2.75) is 96.2 Å². The van der Waals surface area contributed by atoms with Crippen molar-refractivity contribution in [2.75, 3.05) is 39.8 Å². The van der Waals surface area contributed by atoms with Crippen LogP contribution in [-0.2, 0) is 23.9 Å². The number of nitrogens with one attached hydrogen (secondary N) is 1. The van der Waals surface area contributed by atoms with E-state index in [-0.39, 0.29) is 24.8 Å². The number of ether oxygens (including phenoxy) is 2. The van der Waals surface area contributed by atoms with Gasteiger partial charge < -0.3 is 52.4 Å². The summed E-state index contributed by atoms with van der Waals surface area (Å²) in [7, 11) is 1.54. The van der Waals surface area contributed by atoms with Gasteiger partial charge in [0.2, 0.25) is 0 Å². The van der Waals surface area contributed by atoms with E-state index in [2.05, 4.69) is 16.8 Å². The number of nitrogens with two attached hydrogens (primary N) is 3. The number of nitrogens with zero attached hydrogens (tertiary/aromatic N) is 2. The van der Waals surface area contributed by atoms with E-state index in [4.69, 9.17) is 29.0 Å². The number of aliphatic hydroxyl groups excluding tert-OH is 1. The molecule has 0 aromatic rings. The van der Waals surface area contributed by atoms with Crippen molar-refractivity contribution < 1.29 is 58.1 Å². The summed E-state index contributed by atoms with van der Waals surface area (Å²) in [5.41, 5.74) is 5.22. The van der Waals surface area contributed by atoms with Crippen molar-refractivity contribution in [3.8, 4) is 0 Å². The summed E-state index contributed by atoms with van der Waals surface area (Å²) < 4.78 is 29.8. The van der Waals surface area contributed by atoms with Crippen molar-refractivity contribution in [3.05, 3.63) is 0 Å². The molecule has 0 saturated carbocycles. The topological polar surface area (TPSA) is 281 Å². The Morgan fingerprint density at radius 2 is 1.22 bits per heavy atom. The largest absolute Gasteiger partial charge is 0.480 e. The van der Waals surface area contributed by atoms with Crippen LogP contribution in [0.4, 0.5) is 9.59 Å². The van der Waals surface area contributed by atoms with E-state index in [0.29, 0.717) is 39.0 Å². The third-order valence-electron chi connectivity index (χ3n) is 6.59. The Hall–Kier alpha value is -3.25. The molecule has 0 aromatic heterocycles. The molecule has 0 aliphatic carbocycles. The molecule has 11 N–H and O–H groups in total. The van der Waals surface area contributed by atoms with Crippen molar-refractivity contribution in [2.24, 2.45) is 29.0 Å². The first-order valence-electron chi connectivity index (χ1n) is 16.1. The maximum atomic E-state index is 11.9. The predicted molar refractivity (Wildman–Crippen MR) is 163 cm³/mol. The van der Waals surface area contributed by atoms with Gasteiger partial charge in [0.15, 0.2) is 0 Å². The van der Waals surface area contributed by atoms with Crippen molar-refractivity contribution in [3.63, 3.8) is 0 Å². The molecule has 17 nitrogen and oxygen atoms in total. The van der Waals surface area contributed by atoms with E-state index in [1.807, 2.05) is 5.73 Å². The van der Waals surface area contributed by atoms with Gasteiger partial charge in [-0.15, -0.1) is 0 Å². The second kappa shape index (κ2) is 18.7. The lowest BCUT2D eigenvalue weighted by Gasteiger charge is -2.26. The number of aliphatic hydroxyl groups is 1. The van der Waals surface area contributed by atoms with Gasteiger partial charge >= 0.3 is 30.1 Å². The number of carbonyl (C=O) groups excluding carboxylic acids is 2. The molecule has 0 aromatic carbocycles. The fourth-order valence-electron chi connectivity index (χ4n) is 4.55. The van der Waals surface area contributed by atoms with Crippen molar-refractivity contribution in [1.82, 2.24) is 15.1 Å². The standard InChI is InChI=1S/C11H20N2O4.C10H17NO5.C6H12N2O2.CH5N/c1-11(2,3)17-10(16)13-6-7(5-12)4-8(13)9(14)15;1-10(2,3)16-9(15)11-5-6(12)4-7(11)8(13)14;7-2-4-1-5(6(9)10)8-3-4;1-2/h7-8H,4-6,12H2,1-3H3,(H,14,15);6-7,12H,4-5H2,1-3H3,(H,13,14);4-5,8H,1-3,7H2,(H,9,10);2H2,1H3/t7-,8-;6-,7+;4-,5-;/m010./s1/i/hD3.